The van der Waals surface area contributed by atoms with Gasteiger partial charge in [-0.3, -0.25) is 0 Å². The molecule has 1 unspecified atom stereocenters. The molecular formula is C23H33NO5. The molecule has 0 radical (unpaired) electrons. The number of nitrogens with zero attached hydrogens (tertiary/aromatic N) is 1. The van der Waals surface area contributed by atoms with E-state index in [4.69, 9.17) is 13.9 Å². The molecule has 0 spiro atoms. The first-order chi connectivity index (χ1) is 13.5. The van der Waals surface area contributed by atoms with Crippen LogP contribution in [0.1, 0.15) is 68.2 Å². The van der Waals surface area contributed by atoms with Crippen molar-refractivity contribution in [1.29, 1.82) is 0 Å². The van der Waals surface area contributed by atoms with Gasteiger partial charge in [-0.15, -0.1) is 0 Å². The third-order valence-corrected chi connectivity index (χ3v) is 4.63. The van der Waals surface area contributed by atoms with E-state index in [1.807, 2.05) is 39.8 Å². The lowest BCUT2D eigenvalue weighted by molar-refractivity contribution is -0.150. The third-order valence-electron chi connectivity index (χ3n) is 4.63. The van der Waals surface area contributed by atoms with E-state index in [0.717, 1.165) is 40.3 Å². The summed E-state index contributed by atoms with van der Waals surface area (Å²) in [5.74, 6) is 1.31. The quantitative estimate of drug-likeness (QED) is 0.641. The van der Waals surface area contributed by atoms with Gasteiger partial charge in [0.05, 0.1) is 0 Å². The molecule has 29 heavy (non-hydrogen) atoms. The number of hydrogen-bond donors (Lipinski definition) is 1. The number of oxazole rings is 1. The number of carboxylic acids is 1. The van der Waals surface area contributed by atoms with Gasteiger partial charge < -0.3 is 19.0 Å². The van der Waals surface area contributed by atoms with Crippen molar-refractivity contribution in [3.63, 3.8) is 0 Å². The zero-order chi connectivity index (χ0) is 21.8. The summed E-state index contributed by atoms with van der Waals surface area (Å²) in [6.45, 7) is 14.7. The number of aliphatic carboxylic acids is 1. The van der Waals surface area contributed by atoms with Crippen LogP contribution in [0.3, 0.4) is 0 Å². The maximum absolute atomic E-state index is 11.4. The summed E-state index contributed by atoms with van der Waals surface area (Å²) < 4.78 is 17.3. The van der Waals surface area contributed by atoms with Crippen LogP contribution in [-0.2, 0) is 28.0 Å². The van der Waals surface area contributed by atoms with Crippen molar-refractivity contribution in [2.75, 3.05) is 6.61 Å². The predicted octanol–water partition coefficient (Wildman–Crippen LogP) is 4.90. The Bertz CT molecular complexity index is 824. The standard InChI is InChI=1S/C23H33NO5/c1-8-9-27-19(21(25)26)12-17-10-14(2)20(15(3)11-17)28-13-18-16(4)29-22(24-18)23(5,6)7/h10-11,19H,8-9,12-13H2,1-7H3,(H,25,26). The largest absolute Gasteiger partial charge is 0.487 e. The zero-order valence-electron chi connectivity index (χ0n) is 18.6. The molecule has 1 heterocycles. The molecule has 6 nitrogen and oxygen atoms in total. The molecule has 6 heteroatoms. The molecule has 0 fully saturated rings. The number of carboxylic acid groups (broad SMARTS) is 1. The smallest absolute Gasteiger partial charge is 0.333 e. The van der Waals surface area contributed by atoms with Crippen molar-refractivity contribution in [2.45, 2.75) is 79.4 Å². The highest BCUT2D eigenvalue weighted by molar-refractivity contribution is 5.72. The first-order valence-electron chi connectivity index (χ1n) is 10.1. The Kier molecular flexibility index (Phi) is 7.47. The fraction of sp³-hybridized carbons (Fsp3) is 0.565. The van der Waals surface area contributed by atoms with Crippen LogP contribution < -0.4 is 4.74 Å². The average molecular weight is 404 g/mol. The molecule has 0 aliphatic rings. The van der Waals surface area contributed by atoms with Crippen LogP contribution in [0.25, 0.3) is 0 Å². The number of ether oxygens (including phenoxy) is 2. The summed E-state index contributed by atoms with van der Waals surface area (Å²) in [7, 11) is 0. The van der Waals surface area contributed by atoms with Crippen molar-refractivity contribution in [1.82, 2.24) is 4.98 Å². The lowest BCUT2D eigenvalue weighted by atomic mass is 9.97. The minimum Gasteiger partial charge on any atom is -0.487 e. The van der Waals surface area contributed by atoms with E-state index >= 15 is 0 Å². The average Bonchev–Trinajstić information content (AvgIpc) is 2.99. The van der Waals surface area contributed by atoms with Crippen molar-refractivity contribution in [2.24, 2.45) is 0 Å². The van der Waals surface area contributed by atoms with E-state index < -0.39 is 12.1 Å². The molecule has 1 aromatic carbocycles. The summed E-state index contributed by atoms with van der Waals surface area (Å²) >= 11 is 0. The summed E-state index contributed by atoms with van der Waals surface area (Å²) in [4.78, 5) is 16.0. The van der Waals surface area contributed by atoms with Crippen LogP contribution in [-0.4, -0.2) is 28.8 Å². The number of hydrogen-bond acceptors (Lipinski definition) is 5. The highest BCUT2D eigenvalue weighted by Crippen LogP contribution is 2.28. The van der Waals surface area contributed by atoms with E-state index in [1.54, 1.807) is 0 Å². The second-order valence-corrected chi connectivity index (χ2v) is 8.52. The molecule has 1 atom stereocenters. The van der Waals surface area contributed by atoms with E-state index in [0.29, 0.717) is 25.5 Å². The third kappa shape index (κ3) is 6.07. The Morgan fingerprint density at radius 2 is 1.83 bits per heavy atom. The van der Waals surface area contributed by atoms with Gasteiger partial charge in [-0.05, 0) is 43.9 Å². The van der Waals surface area contributed by atoms with Crippen molar-refractivity contribution >= 4 is 5.97 Å². The van der Waals surface area contributed by atoms with E-state index in [-0.39, 0.29) is 5.41 Å². The predicted molar refractivity (Wildman–Crippen MR) is 112 cm³/mol. The van der Waals surface area contributed by atoms with Gasteiger partial charge in [-0.1, -0.05) is 39.8 Å². The number of aryl methyl sites for hydroxylation is 3. The highest BCUT2D eigenvalue weighted by Gasteiger charge is 2.23. The van der Waals surface area contributed by atoms with Gasteiger partial charge in [0.15, 0.2) is 12.0 Å². The summed E-state index contributed by atoms with van der Waals surface area (Å²) in [6.07, 6.45) is 0.274. The van der Waals surface area contributed by atoms with Crippen LogP contribution in [0.5, 0.6) is 5.75 Å². The molecule has 0 saturated heterocycles. The fourth-order valence-electron chi connectivity index (χ4n) is 3.10. The molecule has 2 aromatic rings. The molecular weight excluding hydrogens is 370 g/mol. The van der Waals surface area contributed by atoms with E-state index in [1.165, 1.54) is 0 Å². The Hall–Kier alpha value is -2.34. The van der Waals surface area contributed by atoms with Gasteiger partial charge in [-0.25, -0.2) is 9.78 Å². The molecule has 1 N–H and O–H groups in total. The fourth-order valence-corrected chi connectivity index (χ4v) is 3.10. The van der Waals surface area contributed by atoms with Crippen molar-refractivity contribution in [3.8, 4) is 5.75 Å². The van der Waals surface area contributed by atoms with Crippen LogP contribution in [0.2, 0.25) is 0 Å². The molecule has 0 amide bonds. The number of carbonyl (C=O) groups is 1. The second-order valence-electron chi connectivity index (χ2n) is 8.52. The summed E-state index contributed by atoms with van der Waals surface area (Å²) in [5, 5.41) is 9.38. The van der Waals surface area contributed by atoms with Gasteiger partial charge in [0.2, 0.25) is 0 Å². The van der Waals surface area contributed by atoms with Gasteiger partial charge >= 0.3 is 5.97 Å². The van der Waals surface area contributed by atoms with Crippen LogP contribution in [0, 0.1) is 20.8 Å². The minimum absolute atomic E-state index is 0.156. The zero-order valence-corrected chi connectivity index (χ0v) is 18.6. The number of rotatable bonds is 9. The van der Waals surface area contributed by atoms with Crippen LogP contribution in [0.4, 0.5) is 0 Å². The second kappa shape index (κ2) is 9.44. The molecule has 0 bridgehead atoms. The van der Waals surface area contributed by atoms with Crippen LogP contribution >= 0.6 is 0 Å². The van der Waals surface area contributed by atoms with Crippen molar-refractivity contribution in [3.05, 3.63) is 46.2 Å². The SMILES string of the molecule is CCCOC(Cc1cc(C)c(OCc2nc(C(C)(C)C)oc2C)c(C)c1)C(=O)O. The maximum atomic E-state index is 11.4. The van der Waals surface area contributed by atoms with Gasteiger partial charge in [0.1, 0.15) is 23.8 Å². The topological polar surface area (TPSA) is 81.8 Å². The van der Waals surface area contributed by atoms with Crippen LogP contribution in [0.15, 0.2) is 16.5 Å². The Balaban J connectivity index is 2.13. The molecule has 1 aromatic heterocycles. The first kappa shape index (κ1) is 22.9. The van der Waals surface area contributed by atoms with E-state index in [2.05, 4.69) is 25.8 Å². The summed E-state index contributed by atoms with van der Waals surface area (Å²) in [6, 6.07) is 3.92. The van der Waals surface area contributed by atoms with Crippen molar-refractivity contribution < 1.29 is 23.8 Å². The Morgan fingerprint density at radius 1 is 1.21 bits per heavy atom. The summed E-state index contributed by atoms with van der Waals surface area (Å²) in [5.41, 5.74) is 3.46. The number of aromatic nitrogens is 1. The monoisotopic (exact) mass is 403 g/mol. The van der Waals surface area contributed by atoms with Gasteiger partial charge in [-0.2, -0.15) is 0 Å². The van der Waals surface area contributed by atoms with E-state index in [9.17, 15) is 9.90 Å². The molecule has 0 aliphatic carbocycles. The minimum atomic E-state index is -0.940. The van der Waals surface area contributed by atoms with Gasteiger partial charge in [0, 0.05) is 18.4 Å². The lowest BCUT2D eigenvalue weighted by Crippen LogP contribution is -2.26. The normalized spacial score (nSPS) is 12.8. The van der Waals surface area contributed by atoms with Gasteiger partial charge in [0.25, 0.3) is 0 Å². The molecule has 0 saturated carbocycles. The Morgan fingerprint density at radius 3 is 2.31 bits per heavy atom. The molecule has 2 rings (SSSR count). The Labute approximate surface area is 173 Å². The molecule has 0 aliphatic heterocycles. The number of benzene rings is 1. The molecule has 160 valence electrons. The highest BCUT2D eigenvalue weighted by atomic mass is 16.5. The lowest BCUT2D eigenvalue weighted by Gasteiger charge is -2.17. The first-order valence-corrected chi connectivity index (χ1v) is 10.1. The maximum Gasteiger partial charge on any atom is 0.333 e.